The van der Waals surface area contributed by atoms with Gasteiger partial charge in [-0.3, -0.25) is 0 Å². The fourth-order valence-electron chi connectivity index (χ4n) is 1.20. The average molecular weight is 229 g/mol. The number of ether oxygens (including phenoxy) is 1. The average Bonchev–Trinajstić information content (AvgIpc) is 2.65. The standard InChI is InChI=1S/C10H19N3OS/c1-5-9-12-10(15-13-9)11-8(6-14-4)7(2)3/h7-8H,5-6H2,1-4H3,(H,11,12,13). The summed E-state index contributed by atoms with van der Waals surface area (Å²) in [7, 11) is 1.72. The summed E-state index contributed by atoms with van der Waals surface area (Å²) in [6.07, 6.45) is 0.884. The van der Waals surface area contributed by atoms with Crippen LogP contribution in [0.3, 0.4) is 0 Å². The first-order valence-electron chi connectivity index (χ1n) is 5.25. The minimum atomic E-state index is 0.299. The van der Waals surface area contributed by atoms with Gasteiger partial charge >= 0.3 is 0 Å². The first-order valence-corrected chi connectivity index (χ1v) is 6.02. The van der Waals surface area contributed by atoms with Crippen LogP contribution in [0.2, 0.25) is 0 Å². The van der Waals surface area contributed by atoms with Gasteiger partial charge in [0, 0.05) is 25.1 Å². The lowest BCUT2D eigenvalue weighted by Gasteiger charge is -2.20. The van der Waals surface area contributed by atoms with Crippen molar-refractivity contribution in [3.8, 4) is 0 Å². The maximum atomic E-state index is 5.16. The van der Waals surface area contributed by atoms with Gasteiger partial charge in [-0.25, -0.2) is 4.98 Å². The molecule has 1 aromatic rings. The monoisotopic (exact) mass is 229 g/mol. The molecular formula is C10H19N3OS. The van der Waals surface area contributed by atoms with E-state index in [2.05, 4.69) is 35.4 Å². The summed E-state index contributed by atoms with van der Waals surface area (Å²) in [6.45, 7) is 7.08. The van der Waals surface area contributed by atoms with Crippen molar-refractivity contribution in [3.63, 3.8) is 0 Å². The Kier molecular flexibility index (Phi) is 4.98. The predicted molar refractivity (Wildman–Crippen MR) is 63.4 cm³/mol. The van der Waals surface area contributed by atoms with Crippen molar-refractivity contribution in [1.82, 2.24) is 9.36 Å². The number of anilines is 1. The Hall–Kier alpha value is -0.680. The zero-order valence-corrected chi connectivity index (χ0v) is 10.6. The third-order valence-corrected chi connectivity index (χ3v) is 2.93. The van der Waals surface area contributed by atoms with Crippen LogP contribution >= 0.6 is 11.5 Å². The predicted octanol–water partition coefficient (Wildman–Crippen LogP) is 2.18. The molecule has 1 aromatic heterocycles. The Morgan fingerprint density at radius 1 is 1.47 bits per heavy atom. The number of nitrogens with one attached hydrogen (secondary N) is 1. The molecule has 0 bridgehead atoms. The number of hydrogen-bond donors (Lipinski definition) is 1. The first kappa shape index (κ1) is 12.4. The van der Waals surface area contributed by atoms with Crippen LogP contribution in [0.5, 0.6) is 0 Å². The minimum Gasteiger partial charge on any atom is -0.383 e. The number of aromatic nitrogens is 2. The van der Waals surface area contributed by atoms with Gasteiger partial charge < -0.3 is 10.1 Å². The van der Waals surface area contributed by atoms with Crippen LogP contribution < -0.4 is 5.32 Å². The molecule has 1 heterocycles. The van der Waals surface area contributed by atoms with Crippen LogP contribution in [0, 0.1) is 5.92 Å². The number of nitrogens with zero attached hydrogens (tertiary/aromatic N) is 2. The molecule has 1 unspecified atom stereocenters. The molecule has 0 spiro atoms. The van der Waals surface area contributed by atoms with Crippen molar-refractivity contribution in [2.45, 2.75) is 33.2 Å². The van der Waals surface area contributed by atoms with Crippen molar-refractivity contribution in [1.29, 1.82) is 0 Å². The zero-order chi connectivity index (χ0) is 11.3. The summed E-state index contributed by atoms with van der Waals surface area (Å²) >= 11 is 1.42. The van der Waals surface area contributed by atoms with Crippen molar-refractivity contribution in [2.24, 2.45) is 5.92 Å². The Labute approximate surface area is 95.2 Å². The largest absolute Gasteiger partial charge is 0.383 e. The molecule has 0 aliphatic rings. The first-order chi connectivity index (χ1) is 7.17. The Morgan fingerprint density at radius 3 is 2.67 bits per heavy atom. The number of aryl methyl sites for hydroxylation is 1. The highest BCUT2D eigenvalue weighted by Gasteiger charge is 2.14. The van der Waals surface area contributed by atoms with Gasteiger partial charge in [-0.1, -0.05) is 20.8 Å². The van der Waals surface area contributed by atoms with E-state index in [4.69, 9.17) is 4.74 Å². The molecule has 0 radical (unpaired) electrons. The zero-order valence-electron chi connectivity index (χ0n) is 9.78. The van der Waals surface area contributed by atoms with Crippen molar-refractivity contribution in [3.05, 3.63) is 5.82 Å². The highest BCUT2D eigenvalue weighted by atomic mass is 32.1. The summed E-state index contributed by atoms with van der Waals surface area (Å²) in [5.74, 6) is 1.42. The second-order valence-electron chi connectivity index (χ2n) is 3.82. The molecule has 0 aliphatic heterocycles. The summed E-state index contributed by atoms with van der Waals surface area (Å²) < 4.78 is 9.40. The maximum absolute atomic E-state index is 5.16. The van der Waals surface area contributed by atoms with Gasteiger partial charge in [0.25, 0.3) is 0 Å². The van der Waals surface area contributed by atoms with Gasteiger partial charge in [-0.05, 0) is 5.92 Å². The van der Waals surface area contributed by atoms with E-state index in [-0.39, 0.29) is 0 Å². The van der Waals surface area contributed by atoms with Crippen LogP contribution in [-0.4, -0.2) is 29.1 Å². The van der Waals surface area contributed by atoms with E-state index < -0.39 is 0 Å². The lowest BCUT2D eigenvalue weighted by Crippen LogP contribution is -2.30. The normalized spacial score (nSPS) is 13.1. The molecule has 1 atom stereocenters. The molecule has 5 heteroatoms. The molecule has 86 valence electrons. The fourth-order valence-corrected chi connectivity index (χ4v) is 1.91. The van der Waals surface area contributed by atoms with Crippen LogP contribution in [0.4, 0.5) is 5.13 Å². The lowest BCUT2D eigenvalue weighted by atomic mass is 10.1. The molecule has 15 heavy (non-hydrogen) atoms. The van der Waals surface area contributed by atoms with Gasteiger partial charge in [-0.15, -0.1) is 0 Å². The van der Waals surface area contributed by atoms with E-state index in [9.17, 15) is 0 Å². The Morgan fingerprint density at radius 2 is 2.20 bits per heavy atom. The van der Waals surface area contributed by atoms with Gasteiger partial charge in [0.05, 0.1) is 12.6 Å². The van der Waals surface area contributed by atoms with E-state index in [1.165, 1.54) is 11.5 Å². The molecule has 0 aliphatic carbocycles. The van der Waals surface area contributed by atoms with Crippen LogP contribution in [0.25, 0.3) is 0 Å². The van der Waals surface area contributed by atoms with Crippen LogP contribution in [0.15, 0.2) is 0 Å². The second kappa shape index (κ2) is 6.02. The summed E-state index contributed by atoms with van der Waals surface area (Å²) in [5, 5.41) is 4.25. The van der Waals surface area contributed by atoms with E-state index in [1.807, 2.05) is 0 Å². The molecule has 0 amide bonds. The molecule has 4 nitrogen and oxygen atoms in total. The van der Waals surface area contributed by atoms with Gasteiger partial charge in [0.1, 0.15) is 5.82 Å². The van der Waals surface area contributed by atoms with Crippen LogP contribution in [-0.2, 0) is 11.2 Å². The molecule has 0 fully saturated rings. The highest BCUT2D eigenvalue weighted by molar-refractivity contribution is 7.09. The van der Waals surface area contributed by atoms with Gasteiger partial charge in [-0.2, -0.15) is 4.37 Å². The number of rotatable bonds is 6. The van der Waals surface area contributed by atoms with E-state index in [0.29, 0.717) is 18.6 Å². The van der Waals surface area contributed by atoms with E-state index in [0.717, 1.165) is 17.4 Å². The SMILES string of the molecule is CCc1nsc(NC(COC)C(C)C)n1. The summed E-state index contributed by atoms with van der Waals surface area (Å²) in [4.78, 5) is 4.37. The third-order valence-electron chi connectivity index (χ3n) is 2.24. The summed E-state index contributed by atoms with van der Waals surface area (Å²) in [6, 6.07) is 0.299. The van der Waals surface area contributed by atoms with E-state index >= 15 is 0 Å². The molecule has 1 N–H and O–H groups in total. The van der Waals surface area contributed by atoms with Crippen molar-refractivity contribution < 1.29 is 4.74 Å². The smallest absolute Gasteiger partial charge is 0.202 e. The fraction of sp³-hybridized carbons (Fsp3) is 0.800. The Bertz CT molecular complexity index is 288. The number of hydrogen-bond acceptors (Lipinski definition) is 5. The Balaban J connectivity index is 2.57. The topological polar surface area (TPSA) is 47.0 Å². The van der Waals surface area contributed by atoms with Crippen molar-refractivity contribution >= 4 is 16.7 Å². The highest BCUT2D eigenvalue weighted by Crippen LogP contribution is 2.15. The maximum Gasteiger partial charge on any atom is 0.202 e. The van der Waals surface area contributed by atoms with E-state index in [1.54, 1.807) is 7.11 Å². The second-order valence-corrected chi connectivity index (χ2v) is 4.57. The lowest BCUT2D eigenvalue weighted by molar-refractivity contribution is 0.171. The van der Waals surface area contributed by atoms with Gasteiger partial charge in [0.15, 0.2) is 0 Å². The quantitative estimate of drug-likeness (QED) is 0.812. The minimum absolute atomic E-state index is 0.299. The third kappa shape index (κ3) is 3.76. The van der Waals surface area contributed by atoms with Gasteiger partial charge in [0.2, 0.25) is 5.13 Å². The molecular weight excluding hydrogens is 210 g/mol. The molecule has 1 rings (SSSR count). The molecule has 0 saturated carbocycles. The van der Waals surface area contributed by atoms with Crippen LogP contribution in [0.1, 0.15) is 26.6 Å². The van der Waals surface area contributed by atoms with Crippen molar-refractivity contribution in [2.75, 3.05) is 19.0 Å². The molecule has 0 saturated heterocycles. The summed E-state index contributed by atoms with van der Waals surface area (Å²) in [5.41, 5.74) is 0. The number of methoxy groups -OCH3 is 1. The molecule has 0 aromatic carbocycles.